The third-order valence-corrected chi connectivity index (χ3v) is 3.12. The summed E-state index contributed by atoms with van der Waals surface area (Å²) in [7, 11) is 1.62. The van der Waals surface area contributed by atoms with Crippen molar-refractivity contribution in [2.45, 2.75) is 0 Å². The minimum atomic E-state index is -0.216. The first kappa shape index (κ1) is 15.4. The highest BCUT2D eigenvalue weighted by atomic mass is 35.5. The second kappa shape index (κ2) is 7.67. The van der Waals surface area contributed by atoms with E-state index in [-0.39, 0.29) is 5.91 Å². The van der Waals surface area contributed by atoms with E-state index in [1.54, 1.807) is 43.5 Å². The fourth-order valence-corrected chi connectivity index (χ4v) is 1.89. The Labute approximate surface area is 128 Å². The SMILES string of the molecule is COCCOc1ccc(C(=O)Nc2ccccc2Cl)cc1. The molecule has 0 aliphatic heterocycles. The van der Waals surface area contributed by atoms with Crippen LogP contribution >= 0.6 is 11.6 Å². The Balaban J connectivity index is 1.98. The van der Waals surface area contributed by atoms with E-state index in [0.29, 0.717) is 35.2 Å². The van der Waals surface area contributed by atoms with Crippen molar-refractivity contribution in [3.05, 3.63) is 59.1 Å². The number of carbonyl (C=O) groups excluding carboxylic acids is 1. The Morgan fingerprint density at radius 1 is 1.10 bits per heavy atom. The summed E-state index contributed by atoms with van der Waals surface area (Å²) in [5, 5.41) is 3.27. The fourth-order valence-electron chi connectivity index (χ4n) is 1.70. The second-order valence-electron chi connectivity index (χ2n) is 4.30. The third kappa shape index (κ3) is 4.48. The first-order chi connectivity index (χ1) is 10.2. The summed E-state index contributed by atoms with van der Waals surface area (Å²) in [5.41, 5.74) is 1.12. The van der Waals surface area contributed by atoms with Crippen molar-refractivity contribution < 1.29 is 14.3 Å². The molecule has 0 atom stereocenters. The van der Waals surface area contributed by atoms with Gasteiger partial charge >= 0.3 is 0 Å². The summed E-state index contributed by atoms with van der Waals surface area (Å²) in [6.45, 7) is 0.996. The first-order valence-electron chi connectivity index (χ1n) is 6.48. The summed E-state index contributed by atoms with van der Waals surface area (Å²) in [6.07, 6.45) is 0. The maximum Gasteiger partial charge on any atom is 0.255 e. The van der Waals surface area contributed by atoms with Crippen molar-refractivity contribution in [1.82, 2.24) is 0 Å². The molecule has 2 rings (SSSR count). The number of methoxy groups -OCH3 is 1. The van der Waals surface area contributed by atoms with Crippen molar-refractivity contribution in [3.63, 3.8) is 0 Å². The molecule has 2 aromatic rings. The van der Waals surface area contributed by atoms with Crippen LogP contribution in [-0.4, -0.2) is 26.2 Å². The monoisotopic (exact) mass is 305 g/mol. The predicted molar refractivity (Wildman–Crippen MR) is 83.2 cm³/mol. The lowest BCUT2D eigenvalue weighted by atomic mass is 10.2. The van der Waals surface area contributed by atoms with E-state index < -0.39 is 0 Å². The number of para-hydroxylation sites is 1. The zero-order valence-electron chi connectivity index (χ0n) is 11.6. The van der Waals surface area contributed by atoms with E-state index >= 15 is 0 Å². The number of nitrogens with one attached hydrogen (secondary N) is 1. The van der Waals surface area contributed by atoms with Crippen LogP contribution in [0.5, 0.6) is 5.75 Å². The summed E-state index contributed by atoms with van der Waals surface area (Å²) in [5.74, 6) is 0.480. The van der Waals surface area contributed by atoms with Gasteiger partial charge in [-0.1, -0.05) is 23.7 Å². The molecule has 0 fully saturated rings. The van der Waals surface area contributed by atoms with E-state index in [1.807, 2.05) is 12.1 Å². The Hall–Kier alpha value is -2.04. The molecule has 0 heterocycles. The molecule has 5 heteroatoms. The standard InChI is InChI=1S/C16H16ClNO3/c1-20-10-11-21-13-8-6-12(7-9-13)16(19)18-15-5-3-2-4-14(15)17/h2-9H,10-11H2,1H3,(H,18,19). The molecule has 0 saturated carbocycles. The Kier molecular flexibility index (Phi) is 5.60. The van der Waals surface area contributed by atoms with Crippen LogP contribution in [0.15, 0.2) is 48.5 Å². The summed E-state index contributed by atoms with van der Waals surface area (Å²) in [4.78, 5) is 12.1. The molecule has 0 unspecified atom stereocenters. The Bertz CT molecular complexity index is 599. The van der Waals surface area contributed by atoms with E-state index in [1.165, 1.54) is 0 Å². The average molecular weight is 306 g/mol. The van der Waals surface area contributed by atoms with Crippen molar-refractivity contribution in [2.24, 2.45) is 0 Å². The Morgan fingerprint density at radius 3 is 2.48 bits per heavy atom. The van der Waals surface area contributed by atoms with Gasteiger partial charge in [-0.25, -0.2) is 0 Å². The molecule has 2 aromatic carbocycles. The minimum Gasteiger partial charge on any atom is -0.491 e. The predicted octanol–water partition coefficient (Wildman–Crippen LogP) is 3.62. The largest absolute Gasteiger partial charge is 0.491 e. The van der Waals surface area contributed by atoms with Gasteiger partial charge in [-0.2, -0.15) is 0 Å². The van der Waals surface area contributed by atoms with Gasteiger partial charge in [0.1, 0.15) is 12.4 Å². The van der Waals surface area contributed by atoms with E-state index in [2.05, 4.69) is 5.32 Å². The number of benzene rings is 2. The molecule has 0 saturated heterocycles. The molecule has 0 radical (unpaired) electrons. The smallest absolute Gasteiger partial charge is 0.255 e. The Morgan fingerprint density at radius 2 is 1.81 bits per heavy atom. The van der Waals surface area contributed by atoms with Crippen LogP contribution in [0.3, 0.4) is 0 Å². The number of hydrogen-bond acceptors (Lipinski definition) is 3. The number of anilines is 1. The molecule has 0 aromatic heterocycles. The molecular formula is C16H16ClNO3. The van der Waals surface area contributed by atoms with Crippen molar-refractivity contribution in [3.8, 4) is 5.75 Å². The quantitative estimate of drug-likeness (QED) is 0.829. The average Bonchev–Trinajstić information content (AvgIpc) is 2.50. The highest BCUT2D eigenvalue weighted by Gasteiger charge is 2.08. The lowest BCUT2D eigenvalue weighted by Crippen LogP contribution is -2.12. The van der Waals surface area contributed by atoms with Gasteiger partial charge in [0, 0.05) is 12.7 Å². The molecule has 21 heavy (non-hydrogen) atoms. The van der Waals surface area contributed by atoms with Gasteiger partial charge in [-0.3, -0.25) is 4.79 Å². The normalized spacial score (nSPS) is 10.2. The number of carbonyl (C=O) groups is 1. The molecule has 1 N–H and O–H groups in total. The number of halogens is 1. The molecule has 110 valence electrons. The van der Waals surface area contributed by atoms with Gasteiger partial charge in [0.2, 0.25) is 0 Å². The number of rotatable bonds is 6. The van der Waals surface area contributed by atoms with Crippen LogP contribution in [0.2, 0.25) is 5.02 Å². The van der Waals surface area contributed by atoms with Gasteiger partial charge in [0.15, 0.2) is 0 Å². The fraction of sp³-hybridized carbons (Fsp3) is 0.188. The summed E-state index contributed by atoms with van der Waals surface area (Å²) in [6, 6.07) is 14.0. The van der Waals surface area contributed by atoms with E-state index in [9.17, 15) is 4.79 Å². The highest BCUT2D eigenvalue weighted by molar-refractivity contribution is 6.33. The molecule has 0 spiro atoms. The van der Waals surface area contributed by atoms with Crippen LogP contribution in [0, 0.1) is 0 Å². The maximum atomic E-state index is 12.1. The number of hydrogen-bond donors (Lipinski definition) is 1. The van der Waals surface area contributed by atoms with Crippen LogP contribution in [0.1, 0.15) is 10.4 Å². The first-order valence-corrected chi connectivity index (χ1v) is 6.86. The molecular weight excluding hydrogens is 290 g/mol. The lowest BCUT2D eigenvalue weighted by Gasteiger charge is -2.08. The van der Waals surface area contributed by atoms with Crippen molar-refractivity contribution in [2.75, 3.05) is 25.6 Å². The lowest BCUT2D eigenvalue weighted by molar-refractivity contribution is 0.102. The van der Waals surface area contributed by atoms with Gasteiger partial charge in [0.25, 0.3) is 5.91 Å². The molecule has 1 amide bonds. The molecule has 0 aliphatic rings. The van der Waals surface area contributed by atoms with Gasteiger partial charge in [-0.05, 0) is 36.4 Å². The van der Waals surface area contributed by atoms with Crippen LogP contribution in [0.25, 0.3) is 0 Å². The maximum absolute atomic E-state index is 12.1. The third-order valence-electron chi connectivity index (χ3n) is 2.79. The van der Waals surface area contributed by atoms with E-state index in [4.69, 9.17) is 21.1 Å². The highest BCUT2D eigenvalue weighted by Crippen LogP contribution is 2.21. The van der Waals surface area contributed by atoms with Crippen molar-refractivity contribution in [1.29, 1.82) is 0 Å². The zero-order valence-corrected chi connectivity index (χ0v) is 12.4. The topological polar surface area (TPSA) is 47.6 Å². The molecule has 0 aliphatic carbocycles. The van der Waals surface area contributed by atoms with E-state index in [0.717, 1.165) is 0 Å². The van der Waals surface area contributed by atoms with Gasteiger partial charge < -0.3 is 14.8 Å². The number of ether oxygens (including phenoxy) is 2. The summed E-state index contributed by atoms with van der Waals surface area (Å²) < 4.78 is 10.3. The van der Waals surface area contributed by atoms with Gasteiger partial charge in [-0.15, -0.1) is 0 Å². The van der Waals surface area contributed by atoms with Crippen LogP contribution < -0.4 is 10.1 Å². The van der Waals surface area contributed by atoms with Gasteiger partial charge in [0.05, 0.1) is 17.3 Å². The number of amides is 1. The zero-order chi connectivity index (χ0) is 15.1. The van der Waals surface area contributed by atoms with Crippen molar-refractivity contribution >= 4 is 23.2 Å². The minimum absolute atomic E-state index is 0.216. The molecule has 4 nitrogen and oxygen atoms in total. The van der Waals surface area contributed by atoms with Crippen LogP contribution in [-0.2, 0) is 4.74 Å². The van der Waals surface area contributed by atoms with Crippen LogP contribution in [0.4, 0.5) is 5.69 Å². The molecule has 0 bridgehead atoms. The summed E-state index contributed by atoms with van der Waals surface area (Å²) >= 11 is 6.01. The second-order valence-corrected chi connectivity index (χ2v) is 4.71.